The third-order valence-electron chi connectivity index (χ3n) is 3.35. The number of hydrogen-bond donors (Lipinski definition) is 0. The van der Waals surface area contributed by atoms with Crippen LogP contribution in [0.4, 0.5) is 4.39 Å². The van der Waals surface area contributed by atoms with Gasteiger partial charge in [-0.05, 0) is 36.9 Å². The van der Waals surface area contributed by atoms with Crippen LogP contribution in [-0.2, 0) is 13.1 Å². The maximum Gasteiger partial charge on any atom is 0.226 e. The van der Waals surface area contributed by atoms with E-state index in [-0.39, 0.29) is 5.82 Å². The van der Waals surface area contributed by atoms with E-state index in [1.54, 1.807) is 18.4 Å². The number of rotatable bonds is 5. The number of aromatic nitrogens is 1. The van der Waals surface area contributed by atoms with Gasteiger partial charge >= 0.3 is 0 Å². The summed E-state index contributed by atoms with van der Waals surface area (Å²) in [6, 6.07) is 16.4. The van der Waals surface area contributed by atoms with Crippen LogP contribution >= 0.6 is 0 Å². The van der Waals surface area contributed by atoms with E-state index in [0.29, 0.717) is 19.0 Å². The number of oxazole rings is 1. The molecule has 3 aromatic rings. The lowest BCUT2D eigenvalue weighted by atomic mass is 10.2. The molecule has 1 aromatic heterocycles. The molecule has 0 aliphatic heterocycles. The minimum absolute atomic E-state index is 0.210. The SMILES string of the molecule is CN(Cc1cccc(F)c1)Cc1coc(-c2ccccc2)n1. The first-order chi connectivity index (χ1) is 10.7. The molecule has 0 aliphatic carbocycles. The van der Waals surface area contributed by atoms with Gasteiger partial charge in [-0.15, -0.1) is 0 Å². The van der Waals surface area contributed by atoms with Crippen molar-refractivity contribution < 1.29 is 8.81 Å². The van der Waals surface area contributed by atoms with Gasteiger partial charge in [-0.1, -0.05) is 30.3 Å². The predicted octanol–water partition coefficient (Wildman–Crippen LogP) is 4.11. The Hall–Kier alpha value is -2.46. The highest BCUT2D eigenvalue weighted by atomic mass is 19.1. The second kappa shape index (κ2) is 6.54. The van der Waals surface area contributed by atoms with E-state index in [0.717, 1.165) is 16.8 Å². The fraction of sp³-hybridized carbons (Fsp3) is 0.167. The molecule has 0 radical (unpaired) electrons. The van der Waals surface area contributed by atoms with Crippen LogP contribution in [0.2, 0.25) is 0 Å². The third-order valence-corrected chi connectivity index (χ3v) is 3.35. The Kier molecular flexibility index (Phi) is 4.30. The van der Waals surface area contributed by atoms with Gasteiger partial charge in [-0.2, -0.15) is 0 Å². The fourth-order valence-corrected chi connectivity index (χ4v) is 2.37. The largest absolute Gasteiger partial charge is 0.444 e. The molecule has 112 valence electrons. The molecular weight excluding hydrogens is 279 g/mol. The van der Waals surface area contributed by atoms with Crippen LogP contribution in [0.3, 0.4) is 0 Å². The zero-order chi connectivity index (χ0) is 15.4. The van der Waals surface area contributed by atoms with Gasteiger partial charge in [-0.25, -0.2) is 9.37 Å². The Morgan fingerprint density at radius 1 is 1.05 bits per heavy atom. The first-order valence-corrected chi connectivity index (χ1v) is 7.13. The number of benzene rings is 2. The van der Waals surface area contributed by atoms with Crippen molar-refractivity contribution >= 4 is 0 Å². The quantitative estimate of drug-likeness (QED) is 0.709. The maximum absolute atomic E-state index is 13.2. The fourth-order valence-electron chi connectivity index (χ4n) is 2.37. The van der Waals surface area contributed by atoms with E-state index in [1.807, 2.05) is 43.4 Å². The summed E-state index contributed by atoms with van der Waals surface area (Å²) in [6.45, 7) is 1.30. The predicted molar refractivity (Wildman–Crippen MR) is 83.5 cm³/mol. The van der Waals surface area contributed by atoms with E-state index >= 15 is 0 Å². The van der Waals surface area contributed by atoms with Gasteiger partial charge in [0.05, 0.1) is 5.69 Å². The first kappa shape index (κ1) is 14.5. The molecule has 0 bridgehead atoms. The molecule has 4 heteroatoms. The zero-order valence-electron chi connectivity index (χ0n) is 12.4. The van der Waals surface area contributed by atoms with Crippen molar-refractivity contribution in [3.8, 4) is 11.5 Å². The van der Waals surface area contributed by atoms with E-state index in [2.05, 4.69) is 9.88 Å². The average molecular weight is 296 g/mol. The van der Waals surface area contributed by atoms with Crippen LogP contribution in [0.25, 0.3) is 11.5 Å². The smallest absolute Gasteiger partial charge is 0.226 e. The minimum atomic E-state index is -0.210. The molecule has 0 N–H and O–H groups in total. The van der Waals surface area contributed by atoms with Crippen LogP contribution in [0.15, 0.2) is 65.3 Å². The van der Waals surface area contributed by atoms with Crippen molar-refractivity contribution in [1.29, 1.82) is 0 Å². The van der Waals surface area contributed by atoms with Crippen molar-refractivity contribution in [2.45, 2.75) is 13.1 Å². The first-order valence-electron chi connectivity index (χ1n) is 7.13. The molecular formula is C18H17FN2O. The summed E-state index contributed by atoms with van der Waals surface area (Å²) in [4.78, 5) is 6.57. The van der Waals surface area contributed by atoms with Crippen molar-refractivity contribution in [1.82, 2.24) is 9.88 Å². The van der Waals surface area contributed by atoms with E-state index in [4.69, 9.17) is 4.42 Å². The Morgan fingerprint density at radius 3 is 2.64 bits per heavy atom. The molecule has 3 nitrogen and oxygen atoms in total. The summed E-state index contributed by atoms with van der Waals surface area (Å²) < 4.78 is 18.7. The molecule has 1 heterocycles. The summed E-state index contributed by atoms with van der Waals surface area (Å²) in [6.07, 6.45) is 1.67. The van der Waals surface area contributed by atoms with E-state index in [9.17, 15) is 4.39 Å². The second-order valence-corrected chi connectivity index (χ2v) is 5.31. The summed E-state index contributed by atoms with van der Waals surface area (Å²) >= 11 is 0. The van der Waals surface area contributed by atoms with Crippen molar-refractivity contribution in [2.75, 3.05) is 7.05 Å². The molecule has 22 heavy (non-hydrogen) atoms. The summed E-state index contributed by atoms with van der Waals surface area (Å²) in [5.41, 5.74) is 2.76. The molecule has 0 aliphatic rings. The number of hydrogen-bond acceptors (Lipinski definition) is 3. The average Bonchev–Trinajstić information content (AvgIpc) is 2.96. The van der Waals surface area contributed by atoms with Gasteiger partial charge in [0.15, 0.2) is 0 Å². The Balaban J connectivity index is 1.65. The molecule has 0 spiro atoms. The van der Waals surface area contributed by atoms with E-state index < -0.39 is 0 Å². The van der Waals surface area contributed by atoms with Gasteiger partial charge in [0.25, 0.3) is 0 Å². The van der Waals surface area contributed by atoms with Crippen molar-refractivity contribution in [3.05, 3.63) is 77.9 Å². The lowest BCUT2D eigenvalue weighted by Gasteiger charge is -2.14. The highest BCUT2D eigenvalue weighted by Gasteiger charge is 2.09. The molecule has 3 rings (SSSR count). The van der Waals surface area contributed by atoms with Gasteiger partial charge in [0.2, 0.25) is 5.89 Å². The lowest BCUT2D eigenvalue weighted by molar-refractivity contribution is 0.314. The van der Waals surface area contributed by atoms with Crippen LogP contribution in [0, 0.1) is 5.82 Å². The molecule has 2 aromatic carbocycles. The highest BCUT2D eigenvalue weighted by Crippen LogP contribution is 2.18. The summed E-state index contributed by atoms with van der Waals surface area (Å²) in [7, 11) is 1.97. The Bertz CT molecular complexity index is 740. The highest BCUT2D eigenvalue weighted by molar-refractivity contribution is 5.52. The van der Waals surface area contributed by atoms with Gasteiger partial charge in [0.1, 0.15) is 12.1 Å². The molecule has 0 saturated heterocycles. The molecule has 0 saturated carbocycles. The molecule has 0 atom stereocenters. The van der Waals surface area contributed by atoms with E-state index in [1.165, 1.54) is 6.07 Å². The van der Waals surface area contributed by atoms with Crippen LogP contribution in [-0.4, -0.2) is 16.9 Å². The molecule has 0 amide bonds. The van der Waals surface area contributed by atoms with Crippen LogP contribution in [0.1, 0.15) is 11.3 Å². The van der Waals surface area contributed by atoms with Gasteiger partial charge < -0.3 is 4.42 Å². The zero-order valence-corrected chi connectivity index (χ0v) is 12.4. The van der Waals surface area contributed by atoms with Gasteiger partial charge in [0, 0.05) is 18.7 Å². The number of halogens is 1. The van der Waals surface area contributed by atoms with Crippen molar-refractivity contribution in [2.24, 2.45) is 0 Å². The third kappa shape index (κ3) is 3.59. The minimum Gasteiger partial charge on any atom is -0.444 e. The van der Waals surface area contributed by atoms with Crippen LogP contribution in [0.5, 0.6) is 0 Å². The van der Waals surface area contributed by atoms with Gasteiger partial charge in [-0.3, -0.25) is 4.90 Å². The Labute approximate surface area is 129 Å². The monoisotopic (exact) mass is 296 g/mol. The second-order valence-electron chi connectivity index (χ2n) is 5.31. The molecule has 0 unspecified atom stereocenters. The lowest BCUT2D eigenvalue weighted by Crippen LogP contribution is -2.17. The topological polar surface area (TPSA) is 29.3 Å². The van der Waals surface area contributed by atoms with Crippen molar-refractivity contribution in [3.63, 3.8) is 0 Å². The maximum atomic E-state index is 13.2. The normalized spacial score (nSPS) is 11.0. The summed E-state index contributed by atoms with van der Waals surface area (Å²) in [5, 5.41) is 0. The summed E-state index contributed by atoms with van der Waals surface area (Å²) in [5.74, 6) is 0.411. The standard InChI is InChI=1S/C18H17FN2O/c1-21(11-14-6-5-9-16(19)10-14)12-17-13-22-18(20-17)15-7-3-2-4-8-15/h2-10,13H,11-12H2,1H3. The van der Waals surface area contributed by atoms with Crippen LogP contribution < -0.4 is 0 Å². The Morgan fingerprint density at radius 2 is 1.86 bits per heavy atom. The number of nitrogens with zero attached hydrogens (tertiary/aromatic N) is 2. The molecule has 0 fully saturated rings.